The van der Waals surface area contributed by atoms with Gasteiger partial charge in [-0.05, 0) is 24.4 Å². The molecule has 88 valence electrons. The molecular weight excluding hydrogens is 240 g/mol. The van der Waals surface area contributed by atoms with Crippen molar-refractivity contribution in [3.8, 4) is 0 Å². The number of anilines is 1. The molecule has 0 radical (unpaired) electrons. The van der Waals surface area contributed by atoms with Crippen LogP contribution in [0.1, 0.15) is 6.42 Å². The molecule has 17 heavy (non-hydrogen) atoms. The SMILES string of the molecule is O=C(O)C[C@@H]1NC(=S)N(c2ccccc2)C1=O. The first-order valence-electron chi connectivity index (χ1n) is 5.01. The van der Waals surface area contributed by atoms with Crippen molar-refractivity contribution in [3.63, 3.8) is 0 Å². The average molecular weight is 250 g/mol. The second-order valence-corrected chi connectivity index (χ2v) is 4.00. The molecule has 0 bridgehead atoms. The van der Waals surface area contributed by atoms with Gasteiger partial charge in [-0.3, -0.25) is 14.5 Å². The number of carbonyl (C=O) groups excluding carboxylic acids is 1. The van der Waals surface area contributed by atoms with Gasteiger partial charge < -0.3 is 10.4 Å². The second-order valence-electron chi connectivity index (χ2n) is 3.61. The molecule has 2 N–H and O–H groups in total. The van der Waals surface area contributed by atoms with E-state index in [2.05, 4.69) is 5.32 Å². The zero-order chi connectivity index (χ0) is 12.4. The third-order valence-corrected chi connectivity index (χ3v) is 2.71. The zero-order valence-electron chi connectivity index (χ0n) is 8.79. The maximum Gasteiger partial charge on any atom is 0.305 e. The number of thiocarbonyl (C=S) groups is 1. The molecule has 1 fully saturated rings. The van der Waals surface area contributed by atoms with E-state index in [9.17, 15) is 9.59 Å². The Morgan fingerprint density at radius 3 is 2.65 bits per heavy atom. The lowest BCUT2D eigenvalue weighted by Crippen LogP contribution is -2.32. The topological polar surface area (TPSA) is 69.6 Å². The van der Waals surface area contributed by atoms with Crippen LogP contribution in [-0.4, -0.2) is 28.1 Å². The van der Waals surface area contributed by atoms with Crippen LogP contribution in [-0.2, 0) is 9.59 Å². The largest absolute Gasteiger partial charge is 0.481 e. The van der Waals surface area contributed by atoms with Crippen molar-refractivity contribution in [2.45, 2.75) is 12.5 Å². The van der Waals surface area contributed by atoms with Gasteiger partial charge in [0.2, 0.25) is 0 Å². The van der Waals surface area contributed by atoms with E-state index in [0.29, 0.717) is 5.69 Å². The molecule has 0 unspecified atom stereocenters. The Morgan fingerprint density at radius 1 is 1.41 bits per heavy atom. The van der Waals surface area contributed by atoms with Gasteiger partial charge in [-0.25, -0.2) is 0 Å². The van der Waals surface area contributed by atoms with Gasteiger partial charge in [0, 0.05) is 0 Å². The number of carboxylic acids is 1. The Labute approximate surface area is 103 Å². The van der Waals surface area contributed by atoms with Gasteiger partial charge in [-0.2, -0.15) is 0 Å². The lowest BCUT2D eigenvalue weighted by atomic mass is 10.2. The molecule has 0 saturated carbocycles. The van der Waals surface area contributed by atoms with E-state index in [1.54, 1.807) is 24.3 Å². The number of hydrogen-bond acceptors (Lipinski definition) is 3. The summed E-state index contributed by atoms with van der Waals surface area (Å²) in [5.74, 6) is -1.36. The molecule has 1 aliphatic rings. The summed E-state index contributed by atoms with van der Waals surface area (Å²) < 4.78 is 0. The van der Waals surface area contributed by atoms with Crippen LogP contribution >= 0.6 is 12.2 Å². The van der Waals surface area contributed by atoms with Crippen molar-refractivity contribution in [2.24, 2.45) is 0 Å². The van der Waals surface area contributed by atoms with Crippen LogP contribution in [0.15, 0.2) is 30.3 Å². The first kappa shape index (κ1) is 11.5. The maximum absolute atomic E-state index is 12.0. The first-order chi connectivity index (χ1) is 8.09. The number of carbonyl (C=O) groups is 2. The van der Waals surface area contributed by atoms with E-state index in [1.165, 1.54) is 4.90 Å². The van der Waals surface area contributed by atoms with Crippen molar-refractivity contribution < 1.29 is 14.7 Å². The number of nitrogens with one attached hydrogen (secondary N) is 1. The highest BCUT2D eigenvalue weighted by atomic mass is 32.1. The molecule has 0 spiro atoms. The molecule has 6 heteroatoms. The van der Waals surface area contributed by atoms with Gasteiger partial charge >= 0.3 is 5.97 Å². The fraction of sp³-hybridized carbons (Fsp3) is 0.182. The summed E-state index contributed by atoms with van der Waals surface area (Å²) in [4.78, 5) is 23.9. The number of carboxylic acid groups (broad SMARTS) is 1. The van der Waals surface area contributed by atoms with Crippen molar-refractivity contribution >= 4 is 34.9 Å². The standard InChI is InChI=1S/C11H10N2O3S/c14-9(15)6-8-10(16)13(11(17)12-8)7-4-2-1-3-5-7/h1-5,8H,6H2,(H,12,17)(H,14,15)/t8-/m0/s1. The van der Waals surface area contributed by atoms with Crippen molar-refractivity contribution in [1.82, 2.24) is 5.32 Å². The van der Waals surface area contributed by atoms with E-state index >= 15 is 0 Å². The molecule has 1 heterocycles. The molecule has 1 aromatic rings. The first-order valence-corrected chi connectivity index (χ1v) is 5.41. The summed E-state index contributed by atoms with van der Waals surface area (Å²) in [5, 5.41) is 11.6. The summed E-state index contributed by atoms with van der Waals surface area (Å²) in [5.41, 5.74) is 0.642. The molecule has 2 rings (SSSR count). The summed E-state index contributed by atoms with van der Waals surface area (Å²) in [6.45, 7) is 0. The van der Waals surface area contributed by atoms with E-state index in [4.69, 9.17) is 17.3 Å². The van der Waals surface area contributed by atoms with Crippen molar-refractivity contribution in [3.05, 3.63) is 30.3 Å². The monoisotopic (exact) mass is 250 g/mol. The lowest BCUT2D eigenvalue weighted by molar-refractivity contribution is -0.139. The fourth-order valence-electron chi connectivity index (χ4n) is 1.67. The minimum Gasteiger partial charge on any atom is -0.481 e. The Morgan fingerprint density at radius 2 is 2.06 bits per heavy atom. The summed E-state index contributed by atoms with van der Waals surface area (Å²) in [7, 11) is 0. The number of hydrogen-bond donors (Lipinski definition) is 2. The van der Waals surface area contributed by atoms with Crippen molar-refractivity contribution in [1.29, 1.82) is 0 Å². The Bertz CT molecular complexity index is 475. The van der Waals surface area contributed by atoms with Gasteiger partial charge in [-0.15, -0.1) is 0 Å². The van der Waals surface area contributed by atoms with E-state index < -0.39 is 12.0 Å². The lowest BCUT2D eigenvalue weighted by Gasteiger charge is -2.14. The van der Waals surface area contributed by atoms with Gasteiger partial charge in [0.25, 0.3) is 5.91 Å². The highest BCUT2D eigenvalue weighted by molar-refractivity contribution is 7.80. The van der Waals surface area contributed by atoms with Crippen LogP contribution in [0.4, 0.5) is 5.69 Å². The van der Waals surface area contributed by atoms with Crippen LogP contribution < -0.4 is 10.2 Å². The molecule has 5 nitrogen and oxygen atoms in total. The normalized spacial score (nSPS) is 19.3. The number of nitrogens with zero attached hydrogens (tertiary/aromatic N) is 1. The summed E-state index contributed by atoms with van der Waals surface area (Å²) >= 11 is 5.03. The number of rotatable bonds is 3. The smallest absolute Gasteiger partial charge is 0.305 e. The number of para-hydroxylation sites is 1. The Kier molecular flexibility index (Phi) is 3.06. The third-order valence-electron chi connectivity index (χ3n) is 2.41. The predicted molar refractivity (Wildman–Crippen MR) is 65.7 cm³/mol. The van der Waals surface area contributed by atoms with Crippen LogP contribution in [0.25, 0.3) is 0 Å². The fourth-order valence-corrected chi connectivity index (χ4v) is 2.00. The van der Waals surface area contributed by atoms with Crippen molar-refractivity contribution in [2.75, 3.05) is 4.90 Å². The molecule has 1 amide bonds. The third kappa shape index (κ3) is 2.26. The van der Waals surface area contributed by atoms with Crippen LogP contribution in [0.5, 0.6) is 0 Å². The summed E-state index contributed by atoms with van der Waals surface area (Å²) in [6.07, 6.45) is -0.275. The van der Waals surface area contributed by atoms with Gasteiger partial charge in [0.1, 0.15) is 6.04 Å². The quantitative estimate of drug-likeness (QED) is 0.775. The predicted octanol–water partition coefficient (Wildman–Crippen LogP) is 0.751. The van der Waals surface area contributed by atoms with E-state index in [1.807, 2.05) is 6.07 Å². The minimum absolute atomic E-state index is 0.243. The van der Waals surface area contributed by atoms with Gasteiger partial charge in [0.15, 0.2) is 5.11 Å². The Balaban J connectivity index is 2.23. The van der Waals surface area contributed by atoms with Crippen LogP contribution in [0, 0.1) is 0 Å². The second kappa shape index (κ2) is 4.50. The highest BCUT2D eigenvalue weighted by Crippen LogP contribution is 2.20. The van der Waals surface area contributed by atoms with Crippen LogP contribution in [0.2, 0.25) is 0 Å². The molecule has 0 aromatic heterocycles. The van der Waals surface area contributed by atoms with Crippen LogP contribution in [0.3, 0.4) is 0 Å². The maximum atomic E-state index is 12.0. The zero-order valence-corrected chi connectivity index (χ0v) is 9.61. The molecule has 0 aliphatic carbocycles. The molecule has 1 atom stereocenters. The molecule has 1 aromatic carbocycles. The summed E-state index contributed by atoms with van der Waals surface area (Å²) in [6, 6.07) is 8.12. The van der Waals surface area contributed by atoms with E-state index in [0.717, 1.165) is 0 Å². The molecule has 1 aliphatic heterocycles. The Hall–Kier alpha value is -1.95. The minimum atomic E-state index is -1.03. The molecular formula is C11H10N2O3S. The average Bonchev–Trinajstić information content (AvgIpc) is 2.54. The number of benzene rings is 1. The number of aliphatic carboxylic acids is 1. The van der Waals surface area contributed by atoms with E-state index in [-0.39, 0.29) is 17.4 Å². The number of amides is 1. The van der Waals surface area contributed by atoms with Gasteiger partial charge in [-0.1, -0.05) is 18.2 Å². The highest BCUT2D eigenvalue weighted by Gasteiger charge is 2.37. The van der Waals surface area contributed by atoms with Gasteiger partial charge in [0.05, 0.1) is 12.1 Å². The molecule has 1 saturated heterocycles.